The van der Waals surface area contributed by atoms with Gasteiger partial charge in [-0.2, -0.15) is 0 Å². The minimum atomic E-state index is 0.214. The molecule has 0 bridgehead atoms. The SMILES string of the molecule is Nc1cnc(NCCC(=O)N2CCCCC2)cn1. The van der Waals surface area contributed by atoms with Gasteiger partial charge in [0.05, 0.1) is 12.4 Å². The third-order valence-corrected chi connectivity index (χ3v) is 3.03. The van der Waals surface area contributed by atoms with Crippen molar-refractivity contribution in [1.29, 1.82) is 0 Å². The Balaban J connectivity index is 1.71. The molecule has 3 N–H and O–H groups in total. The summed E-state index contributed by atoms with van der Waals surface area (Å²) in [6.45, 7) is 2.38. The zero-order valence-corrected chi connectivity index (χ0v) is 10.4. The van der Waals surface area contributed by atoms with Gasteiger partial charge in [0.15, 0.2) is 0 Å². The van der Waals surface area contributed by atoms with Gasteiger partial charge in [-0.15, -0.1) is 0 Å². The van der Waals surface area contributed by atoms with E-state index in [0.29, 0.717) is 24.6 Å². The van der Waals surface area contributed by atoms with Crippen molar-refractivity contribution in [3.05, 3.63) is 12.4 Å². The first-order chi connectivity index (χ1) is 8.75. The summed E-state index contributed by atoms with van der Waals surface area (Å²) in [5.74, 6) is 1.26. The number of piperidine rings is 1. The van der Waals surface area contributed by atoms with Crippen LogP contribution >= 0.6 is 0 Å². The topological polar surface area (TPSA) is 84.1 Å². The third kappa shape index (κ3) is 3.58. The first kappa shape index (κ1) is 12.6. The van der Waals surface area contributed by atoms with Crippen LogP contribution in [0, 0.1) is 0 Å². The summed E-state index contributed by atoms with van der Waals surface area (Å²) in [6.07, 6.45) is 7.05. The molecule has 1 amide bonds. The number of anilines is 2. The van der Waals surface area contributed by atoms with E-state index in [1.165, 1.54) is 12.6 Å². The van der Waals surface area contributed by atoms with Gasteiger partial charge in [-0.3, -0.25) is 4.79 Å². The van der Waals surface area contributed by atoms with Gasteiger partial charge in [-0.05, 0) is 19.3 Å². The van der Waals surface area contributed by atoms with Crippen molar-refractivity contribution < 1.29 is 4.79 Å². The number of hydrogen-bond donors (Lipinski definition) is 2. The monoisotopic (exact) mass is 249 g/mol. The lowest BCUT2D eigenvalue weighted by Gasteiger charge is -2.26. The van der Waals surface area contributed by atoms with Crippen molar-refractivity contribution in [1.82, 2.24) is 14.9 Å². The summed E-state index contributed by atoms with van der Waals surface area (Å²) in [4.78, 5) is 21.8. The summed E-state index contributed by atoms with van der Waals surface area (Å²) < 4.78 is 0. The summed E-state index contributed by atoms with van der Waals surface area (Å²) in [7, 11) is 0. The lowest BCUT2D eigenvalue weighted by molar-refractivity contribution is -0.131. The van der Waals surface area contributed by atoms with Crippen molar-refractivity contribution in [2.24, 2.45) is 0 Å². The summed E-state index contributed by atoms with van der Waals surface area (Å²) in [6, 6.07) is 0. The molecule has 2 rings (SSSR count). The van der Waals surface area contributed by atoms with Crippen LogP contribution in [0.5, 0.6) is 0 Å². The van der Waals surface area contributed by atoms with Crippen molar-refractivity contribution >= 4 is 17.5 Å². The molecule has 2 heterocycles. The second kappa shape index (κ2) is 6.18. The number of nitrogens with zero attached hydrogens (tertiary/aromatic N) is 3. The lowest BCUT2D eigenvalue weighted by Crippen LogP contribution is -2.36. The van der Waals surface area contributed by atoms with Gasteiger partial charge >= 0.3 is 0 Å². The fourth-order valence-electron chi connectivity index (χ4n) is 2.03. The molecule has 1 aliphatic rings. The zero-order chi connectivity index (χ0) is 12.8. The molecule has 1 fully saturated rings. The standard InChI is InChI=1S/C12H19N5O/c13-10-8-16-11(9-15-10)14-5-4-12(18)17-6-2-1-3-7-17/h8-9H,1-7H2,(H2,13,15)(H,14,16). The normalized spacial score (nSPS) is 15.4. The second-order valence-electron chi connectivity index (χ2n) is 4.44. The van der Waals surface area contributed by atoms with E-state index in [1.54, 1.807) is 6.20 Å². The Kier molecular flexibility index (Phi) is 4.33. The van der Waals surface area contributed by atoms with Gasteiger partial charge in [-0.1, -0.05) is 0 Å². The minimum Gasteiger partial charge on any atom is -0.382 e. The Morgan fingerprint density at radius 1 is 1.28 bits per heavy atom. The number of carbonyl (C=O) groups excluding carboxylic acids is 1. The van der Waals surface area contributed by atoms with Crippen LogP contribution in [0.4, 0.5) is 11.6 Å². The van der Waals surface area contributed by atoms with E-state index in [1.807, 2.05) is 4.90 Å². The number of nitrogens with one attached hydrogen (secondary N) is 1. The molecule has 0 spiro atoms. The number of nitrogens with two attached hydrogens (primary N) is 1. The molecule has 18 heavy (non-hydrogen) atoms. The maximum atomic E-state index is 11.9. The van der Waals surface area contributed by atoms with Crippen LogP contribution in [0.15, 0.2) is 12.4 Å². The number of hydrogen-bond acceptors (Lipinski definition) is 5. The van der Waals surface area contributed by atoms with E-state index in [2.05, 4.69) is 15.3 Å². The first-order valence-electron chi connectivity index (χ1n) is 6.35. The van der Waals surface area contributed by atoms with E-state index in [4.69, 9.17) is 5.73 Å². The predicted molar refractivity (Wildman–Crippen MR) is 70.0 cm³/mol. The molecule has 1 saturated heterocycles. The maximum absolute atomic E-state index is 11.9. The molecule has 0 saturated carbocycles. The van der Waals surface area contributed by atoms with E-state index < -0.39 is 0 Å². The number of amides is 1. The van der Waals surface area contributed by atoms with Crippen molar-refractivity contribution in [2.45, 2.75) is 25.7 Å². The van der Waals surface area contributed by atoms with Crippen molar-refractivity contribution in [2.75, 3.05) is 30.7 Å². The second-order valence-corrected chi connectivity index (χ2v) is 4.44. The highest BCUT2D eigenvalue weighted by molar-refractivity contribution is 5.76. The molecular formula is C12H19N5O. The van der Waals surface area contributed by atoms with E-state index in [-0.39, 0.29) is 5.91 Å². The fraction of sp³-hybridized carbons (Fsp3) is 0.583. The fourth-order valence-corrected chi connectivity index (χ4v) is 2.03. The van der Waals surface area contributed by atoms with E-state index in [0.717, 1.165) is 25.9 Å². The van der Waals surface area contributed by atoms with Crippen LogP contribution in [-0.4, -0.2) is 40.4 Å². The van der Waals surface area contributed by atoms with E-state index in [9.17, 15) is 4.79 Å². The quantitative estimate of drug-likeness (QED) is 0.827. The molecule has 0 unspecified atom stereocenters. The molecule has 98 valence electrons. The molecule has 0 aromatic carbocycles. The van der Waals surface area contributed by atoms with Gasteiger partial charge < -0.3 is 16.0 Å². The van der Waals surface area contributed by atoms with Crippen molar-refractivity contribution in [3.63, 3.8) is 0 Å². The van der Waals surface area contributed by atoms with Gasteiger partial charge in [0.25, 0.3) is 0 Å². The van der Waals surface area contributed by atoms with Crippen LogP contribution < -0.4 is 11.1 Å². The van der Waals surface area contributed by atoms with Gasteiger partial charge in [0, 0.05) is 26.1 Å². The Morgan fingerprint density at radius 3 is 2.72 bits per heavy atom. The average Bonchev–Trinajstić information content (AvgIpc) is 2.42. The highest BCUT2D eigenvalue weighted by Gasteiger charge is 2.15. The summed E-state index contributed by atoms with van der Waals surface area (Å²) in [5, 5.41) is 3.07. The lowest BCUT2D eigenvalue weighted by atomic mass is 10.1. The largest absolute Gasteiger partial charge is 0.382 e. The molecule has 1 aromatic heterocycles. The molecule has 1 aliphatic heterocycles. The maximum Gasteiger partial charge on any atom is 0.224 e. The summed E-state index contributed by atoms with van der Waals surface area (Å²) >= 11 is 0. The van der Waals surface area contributed by atoms with Crippen LogP contribution in [-0.2, 0) is 4.79 Å². The molecule has 6 nitrogen and oxygen atoms in total. The van der Waals surface area contributed by atoms with E-state index >= 15 is 0 Å². The smallest absolute Gasteiger partial charge is 0.224 e. The first-order valence-corrected chi connectivity index (χ1v) is 6.35. The number of rotatable bonds is 4. The number of carbonyl (C=O) groups is 1. The summed E-state index contributed by atoms with van der Waals surface area (Å²) in [5.41, 5.74) is 5.44. The molecule has 0 radical (unpaired) electrons. The highest BCUT2D eigenvalue weighted by atomic mass is 16.2. The Labute approximate surface area is 107 Å². The number of nitrogen functional groups attached to an aromatic ring is 1. The highest BCUT2D eigenvalue weighted by Crippen LogP contribution is 2.10. The van der Waals surface area contributed by atoms with Gasteiger partial charge in [0.2, 0.25) is 5.91 Å². The zero-order valence-electron chi connectivity index (χ0n) is 10.4. The third-order valence-electron chi connectivity index (χ3n) is 3.03. The van der Waals surface area contributed by atoms with Crippen LogP contribution in [0.2, 0.25) is 0 Å². The number of aromatic nitrogens is 2. The average molecular weight is 249 g/mol. The molecule has 0 aliphatic carbocycles. The van der Waals surface area contributed by atoms with Crippen molar-refractivity contribution in [3.8, 4) is 0 Å². The predicted octanol–water partition coefficient (Wildman–Crippen LogP) is 0.873. The van der Waals surface area contributed by atoms with Crippen LogP contribution in [0.3, 0.4) is 0 Å². The Bertz CT molecular complexity index is 386. The number of likely N-dealkylation sites (tertiary alicyclic amines) is 1. The minimum absolute atomic E-state index is 0.214. The van der Waals surface area contributed by atoms with Crippen LogP contribution in [0.25, 0.3) is 0 Å². The molecule has 0 atom stereocenters. The Hall–Kier alpha value is -1.85. The van der Waals surface area contributed by atoms with Crippen LogP contribution in [0.1, 0.15) is 25.7 Å². The van der Waals surface area contributed by atoms with Gasteiger partial charge in [0.1, 0.15) is 11.6 Å². The van der Waals surface area contributed by atoms with Gasteiger partial charge in [-0.25, -0.2) is 9.97 Å². The Morgan fingerprint density at radius 2 is 2.06 bits per heavy atom. The molecule has 6 heteroatoms. The molecular weight excluding hydrogens is 230 g/mol. The molecule has 1 aromatic rings.